The van der Waals surface area contributed by atoms with Gasteiger partial charge in [-0.1, -0.05) is 11.6 Å². The topological polar surface area (TPSA) is 55.7 Å². The van der Waals surface area contributed by atoms with Gasteiger partial charge in [-0.15, -0.1) is 4.40 Å². The maximum atomic E-state index is 11.1. The molecule has 0 radical (unpaired) electrons. The third-order valence-corrected chi connectivity index (χ3v) is 2.86. The molecule has 0 saturated carbocycles. The number of nitrogens with zero attached hydrogens (tertiary/aromatic N) is 1. The van der Waals surface area contributed by atoms with Gasteiger partial charge in [-0.3, -0.25) is 0 Å². The van der Waals surface area contributed by atoms with E-state index in [1.165, 1.54) is 0 Å². The lowest BCUT2D eigenvalue weighted by molar-refractivity contribution is 0.484. The molecule has 1 aliphatic rings. The van der Waals surface area contributed by atoms with Gasteiger partial charge in [0.1, 0.15) is 0 Å². The van der Waals surface area contributed by atoms with Crippen molar-refractivity contribution < 1.29 is 12.6 Å². The van der Waals surface area contributed by atoms with Gasteiger partial charge in [0.25, 0.3) is 0 Å². The first-order valence-corrected chi connectivity index (χ1v) is 5.46. The van der Waals surface area contributed by atoms with Crippen LogP contribution >= 0.6 is 0 Å². The van der Waals surface area contributed by atoms with Crippen LogP contribution in [0.1, 0.15) is 18.1 Å². The lowest BCUT2D eigenvalue weighted by Crippen LogP contribution is -2.16. The van der Waals surface area contributed by atoms with Crippen LogP contribution < -0.4 is 4.18 Å². The monoisotopic (exact) mass is 211 g/mol. The van der Waals surface area contributed by atoms with Crippen LogP contribution in [0.15, 0.2) is 22.6 Å². The summed E-state index contributed by atoms with van der Waals surface area (Å²) >= 11 is 0. The van der Waals surface area contributed by atoms with E-state index in [9.17, 15) is 8.42 Å². The van der Waals surface area contributed by atoms with E-state index < -0.39 is 10.3 Å². The van der Waals surface area contributed by atoms with Crippen molar-refractivity contribution >= 4 is 16.0 Å². The Hall–Kier alpha value is -1.36. The van der Waals surface area contributed by atoms with Crippen molar-refractivity contribution in [2.24, 2.45) is 4.40 Å². The molecule has 0 amide bonds. The zero-order valence-corrected chi connectivity index (χ0v) is 8.63. The van der Waals surface area contributed by atoms with Gasteiger partial charge >= 0.3 is 10.3 Å². The van der Waals surface area contributed by atoms with Gasteiger partial charge in [0.05, 0.1) is 5.71 Å². The van der Waals surface area contributed by atoms with E-state index in [4.69, 9.17) is 4.18 Å². The minimum atomic E-state index is -3.77. The number of aryl methyl sites for hydroxylation is 1. The Morgan fingerprint density at radius 2 is 2.00 bits per heavy atom. The van der Waals surface area contributed by atoms with Crippen molar-refractivity contribution in [2.75, 3.05) is 0 Å². The third-order valence-electron chi connectivity index (χ3n) is 1.97. The highest BCUT2D eigenvalue weighted by molar-refractivity contribution is 7.86. The summed E-state index contributed by atoms with van der Waals surface area (Å²) in [6, 6.07) is 5.29. The number of fused-ring (bicyclic) bond motifs is 1. The molecule has 1 heterocycles. The summed E-state index contributed by atoms with van der Waals surface area (Å²) in [6.45, 7) is 3.58. The van der Waals surface area contributed by atoms with Gasteiger partial charge in [0.15, 0.2) is 5.75 Å². The Morgan fingerprint density at radius 1 is 1.29 bits per heavy atom. The molecule has 0 N–H and O–H groups in total. The first-order valence-electron chi connectivity index (χ1n) is 4.10. The summed E-state index contributed by atoms with van der Waals surface area (Å²) in [4.78, 5) is 0. The first kappa shape index (κ1) is 9.21. The lowest BCUT2D eigenvalue weighted by Gasteiger charge is -2.14. The SMILES string of the molecule is CC1=NS(=O)(=O)Oc2ccc(C)cc21. The Labute approximate surface area is 82.5 Å². The quantitative estimate of drug-likeness (QED) is 0.652. The molecule has 1 aromatic carbocycles. The molecule has 0 aliphatic carbocycles. The van der Waals surface area contributed by atoms with E-state index in [0.29, 0.717) is 11.5 Å². The molecule has 1 aromatic rings. The molecule has 0 aromatic heterocycles. The molecular formula is C9H9NO3S. The Morgan fingerprint density at radius 3 is 2.71 bits per heavy atom. The van der Waals surface area contributed by atoms with E-state index in [-0.39, 0.29) is 0 Å². The molecule has 14 heavy (non-hydrogen) atoms. The van der Waals surface area contributed by atoms with Crippen molar-refractivity contribution in [1.82, 2.24) is 0 Å². The number of benzene rings is 1. The third kappa shape index (κ3) is 1.50. The largest absolute Gasteiger partial charge is 0.428 e. The van der Waals surface area contributed by atoms with Crippen LogP contribution in [-0.4, -0.2) is 14.1 Å². The fraction of sp³-hybridized carbons (Fsp3) is 0.222. The Bertz CT molecular complexity index is 517. The van der Waals surface area contributed by atoms with Gasteiger partial charge < -0.3 is 4.18 Å². The Kier molecular flexibility index (Phi) is 1.85. The zero-order chi connectivity index (χ0) is 10.3. The summed E-state index contributed by atoms with van der Waals surface area (Å²) in [7, 11) is -3.77. The van der Waals surface area contributed by atoms with Crippen molar-refractivity contribution in [3.05, 3.63) is 29.3 Å². The molecule has 74 valence electrons. The highest BCUT2D eigenvalue weighted by Crippen LogP contribution is 2.26. The van der Waals surface area contributed by atoms with Crippen LogP contribution in [0.3, 0.4) is 0 Å². The molecule has 0 atom stereocenters. The standard InChI is InChI=1S/C9H9NO3S/c1-6-3-4-9-8(5-6)7(2)10-14(11,12)13-9/h3-5H,1-2H3. The minimum absolute atomic E-state index is 0.350. The molecule has 1 aliphatic heterocycles. The van der Waals surface area contributed by atoms with Gasteiger partial charge in [-0.2, -0.15) is 8.42 Å². The first-order chi connectivity index (χ1) is 6.48. The van der Waals surface area contributed by atoms with E-state index in [1.54, 1.807) is 19.1 Å². The predicted octanol–water partition coefficient (Wildman–Crippen LogP) is 1.44. The van der Waals surface area contributed by atoms with Gasteiger partial charge in [0.2, 0.25) is 0 Å². The Balaban J connectivity index is 2.68. The predicted molar refractivity (Wildman–Crippen MR) is 52.9 cm³/mol. The molecule has 2 rings (SSSR count). The average Bonchev–Trinajstić information content (AvgIpc) is 2.05. The fourth-order valence-electron chi connectivity index (χ4n) is 1.35. The van der Waals surface area contributed by atoms with Crippen LogP contribution in [-0.2, 0) is 10.3 Å². The van der Waals surface area contributed by atoms with Crippen LogP contribution in [0.5, 0.6) is 5.75 Å². The van der Waals surface area contributed by atoms with Gasteiger partial charge in [-0.05, 0) is 26.0 Å². The minimum Gasteiger partial charge on any atom is -0.365 e. The number of rotatable bonds is 0. The highest BCUT2D eigenvalue weighted by atomic mass is 32.2. The maximum absolute atomic E-state index is 11.1. The van der Waals surface area contributed by atoms with Crippen LogP contribution in [0, 0.1) is 6.92 Å². The molecule has 4 nitrogen and oxygen atoms in total. The smallest absolute Gasteiger partial charge is 0.365 e. The van der Waals surface area contributed by atoms with Crippen molar-refractivity contribution in [3.8, 4) is 5.75 Å². The summed E-state index contributed by atoms with van der Waals surface area (Å²) < 4.78 is 30.4. The lowest BCUT2D eigenvalue weighted by atomic mass is 10.1. The summed E-state index contributed by atoms with van der Waals surface area (Å²) in [5, 5.41) is 0. The fourth-order valence-corrected chi connectivity index (χ4v) is 2.19. The normalized spacial score (nSPS) is 18.0. The summed E-state index contributed by atoms with van der Waals surface area (Å²) in [5.74, 6) is 0.350. The second kappa shape index (κ2) is 2.81. The van der Waals surface area contributed by atoms with Gasteiger partial charge in [-0.25, -0.2) is 0 Å². The molecular weight excluding hydrogens is 202 g/mol. The van der Waals surface area contributed by atoms with E-state index in [0.717, 1.165) is 11.1 Å². The van der Waals surface area contributed by atoms with Gasteiger partial charge in [0, 0.05) is 5.56 Å². The average molecular weight is 211 g/mol. The van der Waals surface area contributed by atoms with Crippen molar-refractivity contribution in [3.63, 3.8) is 0 Å². The second-order valence-electron chi connectivity index (χ2n) is 3.19. The van der Waals surface area contributed by atoms with Crippen LogP contribution in [0.4, 0.5) is 0 Å². The van der Waals surface area contributed by atoms with E-state index >= 15 is 0 Å². The maximum Gasteiger partial charge on any atom is 0.428 e. The van der Waals surface area contributed by atoms with E-state index in [2.05, 4.69) is 4.40 Å². The number of hydrogen-bond acceptors (Lipinski definition) is 3. The highest BCUT2D eigenvalue weighted by Gasteiger charge is 2.22. The van der Waals surface area contributed by atoms with Crippen molar-refractivity contribution in [2.45, 2.75) is 13.8 Å². The number of hydrogen-bond donors (Lipinski definition) is 0. The second-order valence-corrected chi connectivity index (χ2v) is 4.39. The molecule has 0 spiro atoms. The van der Waals surface area contributed by atoms with Crippen LogP contribution in [0.2, 0.25) is 0 Å². The molecule has 0 saturated heterocycles. The van der Waals surface area contributed by atoms with E-state index in [1.807, 2.05) is 13.0 Å². The summed E-state index contributed by atoms with van der Waals surface area (Å²) in [6.07, 6.45) is 0. The molecule has 5 heteroatoms. The van der Waals surface area contributed by atoms with Crippen molar-refractivity contribution in [1.29, 1.82) is 0 Å². The zero-order valence-electron chi connectivity index (χ0n) is 7.81. The van der Waals surface area contributed by atoms with Crippen LogP contribution in [0.25, 0.3) is 0 Å². The molecule has 0 fully saturated rings. The molecule has 0 bridgehead atoms. The molecule has 0 unspecified atom stereocenters. The summed E-state index contributed by atoms with van der Waals surface area (Å²) in [5.41, 5.74) is 2.25.